The van der Waals surface area contributed by atoms with E-state index in [4.69, 9.17) is 5.73 Å². The highest BCUT2D eigenvalue weighted by atomic mass is 32.1. The van der Waals surface area contributed by atoms with Crippen LogP contribution in [0.2, 0.25) is 0 Å². The standard InChI is InChI=1S/C14H24N2OS/c1-11(15)6-4-8-13(17)16-10-14(2,3)12-7-5-9-18-12/h5,7,9,11H,4,6,8,10,15H2,1-3H3,(H,16,17). The van der Waals surface area contributed by atoms with Gasteiger partial charge in [-0.25, -0.2) is 0 Å². The summed E-state index contributed by atoms with van der Waals surface area (Å²) in [5, 5.41) is 5.08. The van der Waals surface area contributed by atoms with E-state index >= 15 is 0 Å². The second kappa shape index (κ2) is 6.90. The van der Waals surface area contributed by atoms with Crippen molar-refractivity contribution in [2.75, 3.05) is 6.54 Å². The number of carbonyl (C=O) groups excluding carboxylic acids is 1. The van der Waals surface area contributed by atoms with E-state index in [2.05, 4.69) is 30.6 Å². The number of amides is 1. The first-order valence-electron chi connectivity index (χ1n) is 6.48. The number of rotatable bonds is 7. The van der Waals surface area contributed by atoms with Gasteiger partial charge >= 0.3 is 0 Å². The molecule has 3 nitrogen and oxygen atoms in total. The highest BCUT2D eigenvalue weighted by molar-refractivity contribution is 7.10. The summed E-state index contributed by atoms with van der Waals surface area (Å²) in [4.78, 5) is 13.0. The van der Waals surface area contributed by atoms with Crippen molar-refractivity contribution in [3.05, 3.63) is 22.4 Å². The molecule has 1 aromatic rings. The van der Waals surface area contributed by atoms with Gasteiger partial charge in [-0.05, 0) is 31.2 Å². The molecular formula is C14H24N2OS. The van der Waals surface area contributed by atoms with E-state index in [9.17, 15) is 4.79 Å². The third-order valence-corrected chi connectivity index (χ3v) is 4.21. The van der Waals surface area contributed by atoms with Gasteiger partial charge in [0.15, 0.2) is 0 Å². The Morgan fingerprint density at radius 1 is 1.56 bits per heavy atom. The van der Waals surface area contributed by atoms with Crippen LogP contribution in [-0.4, -0.2) is 18.5 Å². The van der Waals surface area contributed by atoms with Gasteiger partial charge in [-0.15, -0.1) is 11.3 Å². The van der Waals surface area contributed by atoms with E-state index in [1.165, 1.54) is 4.88 Å². The van der Waals surface area contributed by atoms with Crippen LogP contribution in [0.5, 0.6) is 0 Å². The van der Waals surface area contributed by atoms with Gasteiger partial charge in [-0.2, -0.15) is 0 Å². The van der Waals surface area contributed by atoms with Crippen LogP contribution in [0.3, 0.4) is 0 Å². The van der Waals surface area contributed by atoms with Crippen LogP contribution in [0.15, 0.2) is 17.5 Å². The van der Waals surface area contributed by atoms with E-state index in [1.807, 2.05) is 13.0 Å². The fourth-order valence-electron chi connectivity index (χ4n) is 1.74. The molecule has 0 aromatic carbocycles. The maximum absolute atomic E-state index is 11.7. The molecule has 0 saturated carbocycles. The summed E-state index contributed by atoms with van der Waals surface area (Å²) in [6.45, 7) is 6.96. The molecule has 0 aliphatic heterocycles. The normalized spacial score (nSPS) is 13.3. The predicted molar refractivity (Wildman–Crippen MR) is 77.9 cm³/mol. The van der Waals surface area contributed by atoms with Crippen molar-refractivity contribution < 1.29 is 4.79 Å². The van der Waals surface area contributed by atoms with Gasteiger partial charge in [0.1, 0.15) is 0 Å². The lowest BCUT2D eigenvalue weighted by Crippen LogP contribution is -2.36. The van der Waals surface area contributed by atoms with E-state index in [-0.39, 0.29) is 17.4 Å². The zero-order valence-electron chi connectivity index (χ0n) is 11.5. The Kier molecular flexibility index (Phi) is 5.82. The van der Waals surface area contributed by atoms with Crippen LogP contribution >= 0.6 is 11.3 Å². The number of thiophene rings is 1. The van der Waals surface area contributed by atoms with Crippen LogP contribution in [0.4, 0.5) is 0 Å². The fraction of sp³-hybridized carbons (Fsp3) is 0.643. The Bertz CT molecular complexity index is 358. The van der Waals surface area contributed by atoms with Gasteiger partial charge < -0.3 is 11.1 Å². The average Bonchev–Trinajstić information content (AvgIpc) is 2.80. The summed E-state index contributed by atoms with van der Waals surface area (Å²) in [7, 11) is 0. The molecule has 1 amide bonds. The predicted octanol–water partition coefficient (Wildman–Crippen LogP) is 2.66. The summed E-state index contributed by atoms with van der Waals surface area (Å²) in [6, 6.07) is 4.35. The molecule has 1 aromatic heterocycles. The van der Waals surface area contributed by atoms with Gasteiger partial charge in [0.05, 0.1) is 0 Å². The van der Waals surface area contributed by atoms with Gasteiger partial charge in [0.25, 0.3) is 0 Å². The van der Waals surface area contributed by atoms with E-state index in [0.29, 0.717) is 13.0 Å². The molecule has 1 heterocycles. The summed E-state index contributed by atoms with van der Waals surface area (Å²) in [5.41, 5.74) is 5.66. The van der Waals surface area contributed by atoms with E-state index in [0.717, 1.165) is 12.8 Å². The molecule has 0 spiro atoms. The van der Waals surface area contributed by atoms with Crippen LogP contribution in [-0.2, 0) is 10.2 Å². The SMILES string of the molecule is CC(N)CCCC(=O)NCC(C)(C)c1cccs1. The molecule has 102 valence electrons. The zero-order chi connectivity index (χ0) is 13.6. The van der Waals surface area contributed by atoms with Crippen LogP contribution in [0.1, 0.15) is 44.9 Å². The Hall–Kier alpha value is -0.870. The monoisotopic (exact) mass is 268 g/mol. The molecule has 3 N–H and O–H groups in total. The minimum Gasteiger partial charge on any atom is -0.355 e. The van der Waals surface area contributed by atoms with Crippen molar-refractivity contribution in [2.45, 2.75) is 51.5 Å². The van der Waals surface area contributed by atoms with E-state index in [1.54, 1.807) is 11.3 Å². The maximum Gasteiger partial charge on any atom is 0.220 e. The van der Waals surface area contributed by atoms with Crippen molar-refractivity contribution in [1.29, 1.82) is 0 Å². The van der Waals surface area contributed by atoms with Crippen LogP contribution in [0.25, 0.3) is 0 Å². The first-order chi connectivity index (χ1) is 8.42. The Labute approximate surface area is 114 Å². The van der Waals surface area contributed by atoms with Crippen molar-refractivity contribution in [3.63, 3.8) is 0 Å². The smallest absolute Gasteiger partial charge is 0.220 e. The minimum absolute atomic E-state index is 0.00495. The Morgan fingerprint density at radius 2 is 2.28 bits per heavy atom. The quantitative estimate of drug-likeness (QED) is 0.799. The molecule has 1 rings (SSSR count). The summed E-state index contributed by atoms with van der Waals surface area (Å²) < 4.78 is 0. The molecule has 0 bridgehead atoms. The number of hydrogen-bond donors (Lipinski definition) is 2. The van der Waals surface area contributed by atoms with E-state index < -0.39 is 0 Å². The topological polar surface area (TPSA) is 55.1 Å². The number of hydrogen-bond acceptors (Lipinski definition) is 3. The molecule has 0 radical (unpaired) electrons. The number of nitrogens with one attached hydrogen (secondary N) is 1. The molecule has 1 unspecified atom stereocenters. The Morgan fingerprint density at radius 3 is 2.83 bits per heavy atom. The van der Waals surface area contributed by atoms with Crippen molar-refractivity contribution in [1.82, 2.24) is 5.32 Å². The largest absolute Gasteiger partial charge is 0.355 e. The summed E-state index contributed by atoms with van der Waals surface area (Å²) >= 11 is 1.74. The van der Waals surface area contributed by atoms with Gasteiger partial charge in [0, 0.05) is 29.3 Å². The van der Waals surface area contributed by atoms with Crippen molar-refractivity contribution >= 4 is 17.2 Å². The van der Waals surface area contributed by atoms with Crippen molar-refractivity contribution in [3.8, 4) is 0 Å². The lowest BCUT2D eigenvalue weighted by atomic mass is 9.91. The lowest BCUT2D eigenvalue weighted by Gasteiger charge is -2.23. The highest BCUT2D eigenvalue weighted by Crippen LogP contribution is 2.26. The molecule has 0 aliphatic rings. The summed E-state index contributed by atoms with van der Waals surface area (Å²) in [5.74, 6) is 0.125. The van der Waals surface area contributed by atoms with Crippen LogP contribution < -0.4 is 11.1 Å². The number of nitrogens with two attached hydrogens (primary N) is 1. The first kappa shape index (κ1) is 15.2. The van der Waals surface area contributed by atoms with Crippen LogP contribution in [0, 0.1) is 0 Å². The minimum atomic E-state index is 0.00495. The van der Waals surface area contributed by atoms with Gasteiger partial charge in [0.2, 0.25) is 5.91 Å². The molecule has 0 aliphatic carbocycles. The third kappa shape index (κ3) is 5.19. The van der Waals surface area contributed by atoms with Crippen molar-refractivity contribution in [2.24, 2.45) is 5.73 Å². The first-order valence-corrected chi connectivity index (χ1v) is 7.36. The molecule has 0 saturated heterocycles. The summed E-state index contributed by atoms with van der Waals surface area (Å²) in [6.07, 6.45) is 2.34. The van der Waals surface area contributed by atoms with Gasteiger partial charge in [-0.1, -0.05) is 19.9 Å². The highest BCUT2D eigenvalue weighted by Gasteiger charge is 2.22. The fourth-order valence-corrected chi connectivity index (χ4v) is 2.60. The lowest BCUT2D eigenvalue weighted by molar-refractivity contribution is -0.121. The average molecular weight is 268 g/mol. The molecule has 1 atom stereocenters. The number of carbonyl (C=O) groups is 1. The zero-order valence-corrected chi connectivity index (χ0v) is 12.3. The molecule has 4 heteroatoms. The molecular weight excluding hydrogens is 244 g/mol. The van der Waals surface area contributed by atoms with Gasteiger partial charge in [-0.3, -0.25) is 4.79 Å². The maximum atomic E-state index is 11.7. The second-order valence-corrected chi connectivity index (χ2v) is 6.46. The molecule has 0 fully saturated rings. The molecule has 18 heavy (non-hydrogen) atoms. The second-order valence-electron chi connectivity index (χ2n) is 5.51. The Balaban J connectivity index is 2.29. The third-order valence-electron chi connectivity index (χ3n) is 2.98.